The molecule has 0 aromatic heterocycles. The Morgan fingerprint density at radius 1 is 1.15 bits per heavy atom. The van der Waals surface area contributed by atoms with Crippen LogP contribution in [-0.4, -0.2) is 32.7 Å². The Labute approximate surface area is 158 Å². The molecule has 26 heavy (non-hydrogen) atoms. The van der Waals surface area contributed by atoms with Gasteiger partial charge in [0.1, 0.15) is 0 Å². The minimum absolute atomic E-state index is 0.0699. The van der Waals surface area contributed by atoms with Crippen LogP contribution in [0, 0.1) is 0 Å². The maximum absolute atomic E-state index is 13.2. The third-order valence-corrected chi connectivity index (χ3v) is 7.76. The molecule has 1 atom stereocenters. The van der Waals surface area contributed by atoms with Crippen molar-refractivity contribution in [1.29, 1.82) is 0 Å². The third-order valence-electron chi connectivity index (χ3n) is 4.80. The number of nitrogens with zero attached hydrogens (tertiary/aromatic N) is 2. The molecule has 7 heteroatoms. The van der Waals surface area contributed by atoms with Gasteiger partial charge >= 0.3 is 0 Å². The van der Waals surface area contributed by atoms with Crippen molar-refractivity contribution in [2.24, 2.45) is 0 Å². The average molecular weight is 389 g/mol. The first-order valence-corrected chi connectivity index (χ1v) is 10.9. The quantitative estimate of drug-likeness (QED) is 0.792. The van der Waals surface area contributed by atoms with Crippen LogP contribution in [0.5, 0.6) is 0 Å². The molecule has 2 aromatic rings. The van der Waals surface area contributed by atoms with E-state index in [1.54, 1.807) is 28.8 Å². The van der Waals surface area contributed by atoms with Crippen molar-refractivity contribution in [3.63, 3.8) is 0 Å². The van der Waals surface area contributed by atoms with Gasteiger partial charge in [-0.15, -0.1) is 11.8 Å². The van der Waals surface area contributed by atoms with Crippen LogP contribution in [0.25, 0.3) is 0 Å². The van der Waals surface area contributed by atoms with E-state index >= 15 is 0 Å². The summed E-state index contributed by atoms with van der Waals surface area (Å²) in [6.45, 7) is 4.61. The topological polar surface area (TPSA) is 57.7 Å². The van der Waals surface area contributed by atoms with E-state index in [4.69, 9.17) is 0 Å². The largest absolute Gasteiger partial charge is 0.310 e. The number of carbonyl (C=O) groups is 1. The van der Waals surface area contributed by atoms with Crippen LogP contribution in [0.3, 0.4) is 0 Å². The van der Waals surface area contributed by atoms with E-state index in [0.717, 1.165) is 16.1 Å². The Morgan fingerprint density at radius 3 is 2.69 bits per heavy atom. The van der Waals surface area contributed by atoms with Gasteiger partial charge in [-0.25, -0.2) is 8.42 Å². The van der Waals surface area contributed by atoms with Crippen LogP contribution in [0.15, 0.2) is 52.3 Å². The highest BCUT2D eigenvalue weighted by Gasteiger charge is 2.33. The number of fused-ring (bicyclic) bond motifs is 2. The number of hydrogen-bond donors (Lipinski definition) is 0. The maximum atomic E-state index is 13.2. The molecule has 0 N–H and O–H groups in total. The molecule has 0 aliphatic carbocycles. The number of sulfonamides is 1. The Morgan fingerprint density at radius 2 is 1.92 bits per heavy atom. The number of rotatable bonds is 2. The molecule has 2 aliphatic heterocycles. The lowest BCUT2D eigenvalue weighted by Gasteiger charge is -2.32. The summed E-state index contributed by atoms with van der Waals surface area (Å²) in [5.74, 6) is -0.0699. The summed E-state index contributed by atoms with van der Waals surface area (Å²) in [7, 11) is -3.66. The van der Waals surface area contributed by atoms with E-state index in [2.05, 4.69) is 6.92 Å². The number of thioether (sulfide) groups is 1. The molecule has 0 saturated heterocycles. The third kappa shape index (κ3) is 2.79. The van der Waals surface area contributed by atoms with Crippen LogP contribution >= 0.6 is 11.8 Å². The molecule has 2 aromatic carbocycles. The van der Waals surface area contributed by atoms with Crippen LogP contribution in [0.4, 0.5) is 11.4 Å². The van der Waals surface area contributed by atoms with Crippen molar-refractivity contribution in [3.05, 3.63) is 48.0 Å². The number of para-hydroxylation sites is 1. The number of anilines is 2. The minimum atomic E-state index is -3.66. The lowest BCUT2D eigenvalue weighted by Crippen LogP contribution is -2.37. The summed E-state index contributed by atoms with van der Waals surface area (Å²) in [6, 6.07) is 12.7. The molecular weight excluding hydrogens is 368 g/mol. The molecule has 0 spiro atoms. The number of carbonyl (C=O) groups excluding carboxylic acids is 1. The fourth-order valence-corrected chi connectivity index (χ4v) is 6.18. The van der Waals surface area contributed by atoms with Crippen molar-refractivity contribution in [1.82, 2.24) is 0 Å². The lowest BCUT2D eigenvalue weighted by molar-refractivity contribution is -0.116. The van der Waals surface area contributed by atoms with Gasteiger partial charge < -0.3 is 4.90 Å². The molecule has 1 amide bonds. The monoisotopic (exact) mass is 388 g/mol. The molecule has 0 bridgehead atoms. The zero-order chi connectivity index (χ0) is 18.5. The lowest BCUT2D eigenvalue weighted by atomic mass is 10.2. The van der Waals surface area contributed by atoms with E-state index in [0.29, 0.717) is 25.2 Å². The molecule has 4 rings (SSSR count). The first-order chi connectivity index (χ1) is 12.4. The van der Waals surface area contributed by atoms with Gasteiger partial charge in [-0.1, -0.05) is 25.1 Å². The fraction of sp³-hybridized carbons (Fsp3) is 0.316. The van der Waals surface area contributed by atoms with Gasteiger partial charge in [0, 0.05) is 30.2 Å². The Balaban J connectivity index is 1.77. The number of benzene rings is 2. The highest BCUT2D eigenvalue weighted by Crippen LogP contribution is 2.41. The molecule has 136 valence electrons. The second kappa shape index (κ2) is 6.32. The summed E-state index contributed by atoms with van der Waals surface area (Å²) in [5, 5.41) is 0.277. The van der Waals surface area contributed by atoms with Crippen molar-refractivity contribution < 1.29 is 13.2 Å². The van der Waals surface area contributed by atoms with Crippen molar-refractivity contribution in [2.75, 3.05) is 22.3 Å². The van der Waals surface area contributed by atoms with Crippen LogP contribution in [-0.2, 0) is 21.2 Å². The van der Waals surface area contributed by atoms with E-state index in [1.165, 1.54) is 11.2 Å². The minimum Gasteiger partial charge on any atom is -0.310 e. The van der Waals surface area contributed by atoms with Crippen LogP contribution in [0.1, 0.15) is 19.4 Å². The standard InChI is InChI=1S/C19H20N2O3S2/c1-13-12-20(14(2)22)18-11-16(7-8-19(18)25-13)26(23,24)21-10-9-15-5-3-4-6-17(15)21/h3-8,11,13H,9-10,12H2,1-2H3. The molecule has 2 heterocycles. The van der Waals surface area contributed by atoms with Gasteiger partial charge in [0.15, 0.2) is 0 Å². The van der Waals surface area contributed by atoms with E-state index in [-0.39, 0.29) is 16.1 Å². The van der Waals surface area contributed by atoms with Crippen molar-refractivity contribution in [3.8, 4) is 0 Å². The van der Waals surface area contributed by atoms with E-state index in [1.807, 2.05) is 30.3 Å². The average Bonchev–Trinajstić information content (AvgIpc) is 3.05. The predicted octanol–water partition coefficient (Wildman–Crippen LogP) is 3.29. The second-order valence-corrected chi connectivity index (χ2v) is 9.99. The molecule has 0 saturated carbocycles. The Bertz CT molecular complexity index is 988. The summed E-state index contributed by atoms with van der Waals surface area (Å²) in [6.07, 6.45) is 0.716. The van der Waals surface area contributed by atoms with Crippen molar-refractivity contribution >= 4 is 39.1 Å². The van der Waals surface area contributed by atoms with E-state index < -0.39 is 10.0 Å². The summed E-state index contributed by atoms with van der Waals surface area (Å²) in [5.41, 5.74) is 2.48. The first-order valence-electron chi connectivity index (χ1n) is 8.57. The Hall–Kier alpha value is -1.99. The molecule has 0 fully saturated rings. The zero-order valence-corrected chi connectivity index (χ0v) is 16.3. The van der Waals surface area contributed by atoms with Gasteiger partial charge in [-0.3, -0.25) is 9.10 Å². The number of hydrogen-bond acceptors (Lipinski definition) is 4. The van der Waals surface area contributed by atoms with Gasteiger partial charge in [-0.2, -0.15) is 0 Å². The highest BCUT2D eigenvalue weighted by molar-refractivity contribution is 8.00. The maximum Gasteiger partial charge on any atom is 0.264 e. The smallest absolute Gasteiger partial charge is 0.264 e. The predicted molar refractivity (Wildman–Crippen MR) is 104 cm³/mol. The van der Waals surface area contributed by atoms with Crippen LogP contribution < -0.4 is 9.21 Å². The first kappa shape index (κ1) is 17.4. The number of amides is 1. The zero-order valence-electron chi connectivity index (χ0n) is 14.7. The van der Waals surface area contributed by atoms with Gasteiger partial charge in [0.2, 0.25) is 5.91 Å². The van der Waals surface area contributed by atoms with Gasteiger partial charge in [0.25, 0.3) is 10.0 Å². The highest BCUT2D eigenvalue weighted by atomic mass is 32.2. The molecule has 1 unspecified atom stereocenters. The van der Waals surface area contributed by atoms with Crippen molar-refractivity contribution in [2.45, 2.75) is 35.3 Å². The summed E-state index contributed by atoms with van der Waals surface area (Å²) >= 11 is 1.67. The Kier molecular flexibility index (Phi) is 4.23. The molecular formula is C19H20N2O3S2. The normalized spacial score (nSPS) is 19.2. The SMILES string of the molecule is CC(=O)N1CC(C)Sc2ccc(S(=O)(=O)N3CCc4ccccc43)cc21. The molecule has 2 aliphatic rings. The van der Waals surface area contributed by atoms with E-state index in [9.17, 15) is 13.2 Å². The second-order valence-electron chi connectivity index (χ2n) is 6.64. The summed E-state index contributed by atoms with van der Waals surface area (Å²) in [4.78, 5) is 14.9. The van der Waals surface area contributed by atoms with Gasteiger partial charge in [0.05, 0.1) is 16.3 Å². The summed E-state index contributed by atoms with van der Waals surface area (Å²) < 4.78 is 28.0. The van der Waals surface area contributed by atoms with Gasteiger partial charge in [-0.05, 0) is 36.2 Å². The van der Waals surface area contributed by atoms with Crippen LogP contribution in [0.2, 0.25) is 0 Å². The molecule has 5 nitrogen and oxygen atoms in total. The molecule has 0 radical (unpaired) electrons. The fourth-order valence-electron chi connectivity index (χ4n) is 3.56.